The van der Waals surface area contributed by atoms with Crippen LogP contribution in [0.2, 0.25) is 0 Å². The zero-order chi connectivity index (χ0) is 13.8. The summed E-state index contributed by atoms with van der Waals surface area (Å²) < 4.78 is 10.0. The van der Waals surface area contributed by atoms with Gasteiger partial charge in [-0.1, -0.05) is 5.16 Å². The van der Waals surface area contributed by atoms with Crippen LogP contribution in [0.25, 0.3) is 11.4 Å². The van der Waals surface area contributed by atoms with Gasteiger partial charge < -0.3 is 14.3 Å². The number of carbonyl (C=O) groups is 1. The number of pyridine rings is 1. The third kappa shape index (κ3) is 2.56. The molecule has 7 nitrogen and oxygen atoms in total. The minimum absolute atomic E-state index is 0.137. The van der Waals surface area contributed by atoms with Crippen LogP contribution in [0.5, 0.6) is 0 Å². The Balaban J connectivity index is 1.65. The number of aromatic nitrogens is 3. The third-order valence-corrected chi connectivity index (χ3v) is 2.55. The first-order chi connectivity index (χ1) is 9.83. The topological polar surface area (TPSA) is 94.1 Å². The van der Waals surface area contributed by atoms with E-state index in [0.29, 0.717) is 11.7 Å². The van der Waals surface area contributed by atoms with Crippen LogP contribution >= 0.6 is 0 Å². The fourth-order valence-electron chi connectivity index (χ4n) is 1.60. The Labute approximate surface area is 113 Å². The Morgan fingerprint density at radius 3 is 2.85 bits per heavy atom. The average molecular weight is 270 g/mol. The van der Waals surface area contributed by atoms with E-state index in [1.165, 1.54) is 6.26 Å². The Kier molecular flexibility index (Phi) is 3.24. The van der Waals surface area contributed by atoms with E-state index in [4.69, 9.17) is 8.94 Å². The van der Waals surface area contributed by atoms with Gasteiger partial charge in [0.2, 0.25) is 11.7 Å². The van der Waals surface area contributed by atoms with E-state index in [9.17, 15) is 4.79 Å². The van der Waals surface area contributed by atoms with Crippen molar-refractivity contribution in [3.05, 3.63) is 54.6 Å². The second-order valence-corrected chi connectivity index (χ2v) is 3.91. The van der Waals surface area contributed by atoms with Crippen molar-refractivity contribution in [3.8, 4) is 11.4 Å². The van der Waals surface area contributed by atoms with Gasteiger partial charge in [0.15, 0.2) is 5.76 Å². The smallest absolute Gasteiger partial charge is 0.287 e. The number of hydrogen-bond donors (Lipinski definition) is 1. The van der Waals surface area contributed by atoms with Gasteiger partial charge in [0.1, 0.15) is 0 Å². The molecule has 0 aromatic carbocycles. The molecule has 1 amide bonds. The van der Waals surface area contributed by atoms with Gasteiger partial charge in [-0.3, -0.25) is 9.78 Å². The number of nitrogens with one attached hydrogen (secondary N) is 1. The van der Waals surface area contributed by atoms with Gasteiger partial charge in [-0.2, -0.15) is 4.98 Å². The molecule has 0 unspecified atom stereocenters. The van der Waals surface area contributed by atoms with Gasteiger partial charge in [-0.25, -0.2) is 0 Å². The standard InChI is InChI=1S/C13H10N4O3/c18-13(10-2-1-7-19-10)15-8-11-16-12(17-20-11)9-3-5-14-6-4-9/h1-7H,8H2,(H,15,18). The maximum Gasteiger partial charge on any atom is 0.287 e. The van der Waals surface area contributed by atoms with Crippen LogP contribution in [-0.4, -0.2) is 21.0 Å². The monoisotopic (exact) mass is 270 g/mol. The molecule has 0 aliphatic carbocycles. The quantitative estimate of drug-likeness (QED) is 0.774. The first-order valence-electron chi connectivity index (χ1n) is 5.87. The van der Waals surface area contributed by atoms with Crippen LogP contribution in [0, 0.1) is 0 Å². The van der Waals surface area contributed by atoms with Crippen LogP contribution in [0.3, 0.4) is 0 Å². The first kappa shape index (κ1) is 12.1. The van der Waals surface area contributed by atoms with Crippen LogP contribution in [0.15, 0.2) is 51.9 Å². The van der Waals surface area contributed by atoms with Crippen LogP contribution in [0.4, 0.5) is 0 Å². The highest BCUT2D eigenvalue weighted by Crippen LogP contribution is 2.13. The summed E-state index contributed by atoms with van der Waals surface area (Å²) in [4.78, 5) is 19.7. The molecule has 0 saturated carbocycles. The van der Waals surface area contributed by atoms with Crippen molar-refractivity contribution in [2.24, 2.45) is 0 Å². The van der Waals surface area contributed by atoms with Gasteiger partial charge in [0, 0.05) is 18.0 Å². The molecule has 1 N–H and O–H groups in total. The second-order valence-electron chi connectivity index (χ2n) is 3.91. The molecule has 0 spiro atoms. The van der Waals surface area contributed by atoms with E-state index < -0.39 is 0 Å². The van der Waals surface area contributed by atoms with Gasteiger partial charge in [-0.15, -0.1) is 0 Å². The van der Waals surface area contributed by atoms with Crippen molar-refractivity contribution in [2.45, 2.75) is 6.54 Å². The molecular formula is C13H10N4O3. The lowest BCUT2D eigenvalue weighted by atomic mass is 10.2. The number of carbonyl (C=O) groups excluding carboxylic acids is 1. The first-order valence-corrected chi connectivity index (χ1v) is 5.87. The number of nitrogens with zero attached hydrogens (tertiary/aromatic N) is 3. The van der Waals surface area contributed by atoms with Crippen molar-refractivity contribution in [3.63, 3.8) is 0 Å². The predicted octanol–water partition coefficient (Wildman–Crippen LogP) is 1.65. The molecule has 0 bridgehead atoms. The summed E-state index contributed by atoms with van der Waals surface area (Å²) in [5.41, 5.74) is 0.798. The Morgan fingerprint density at radius 1 is 1.25 bits per heavy atom. The molecule has 3 rings (SSSR count). The summed E-state index contributed by atoms with van der Waals surface area (Å²) in [6.07, 6.45) is 4.72. The van der Waals surface area contributed by atoms with Crippen molar-refractivity contribution in [2.75, 3.05) is 0 Å². The minimum Gasteiger partial charge on any atom is -0.459 e. The molecule has 0 aliphatic rings. The van der Waals surface area contributed by atoms with Gasteiger partial charge in [0.05, 0.1) is 12.8 Å². The SMILES string of the molecule is O=C(NCc1nc(-c2ccncc2)no1)c1ccco1. The molecule has 3 aromatic heterocycles. The van der Waals surface area contributed by atoms with E-state index in [-0.39, 0.29) is 18.2 Å². The molecule has 100 valence electrons. The molecule has 0 atom stereocenters. The molecule has 0 radical (unpaired) electrons. The van der Waals surface area contributed by atoms with Crippen molar-refractivity contribution in [1.29, 1.82) is 0 Å². The zero-order valence-corrected chi connectivity index (χ0v) is 10.3. The summed E-state index contributed by atoms with van der Waals surface area (Å²) in [5.74, 6) is 0.670. The number of amides is 1. The van der Waals surface area contributed by atoms with Crippen molar-refractivity contribution in [1.82, 2.24) is 20.4 Å². The molecule has 0 aliphatic heterocycles. The van der Waals surface area contributed by atoms with E-state index >= 15 is 0 Å². The summed E-state index contributed by atoms with van der Waals surface area (Å²) >= 11 is 0. The van der Waals surface area contributed by atoms with Crippen molar-refractivity contribution < 1.29 is 13.7 Å². The normalized spacial score (nSPS) is 10.4. The lowest BCUT2D eigenvalue weighted by Gasteiger charge is -1.97. The molecule has 7 heteroatoms. The minimum atomic E-state index is -0.335. The van der Waals surface area contributed by atoms with E-state index in [1.807, 2.05) is 0 Å². The summed E-state index contributed by atoms with van der Waals surface area (Å²) in [6, 6.07) is 6.76. The largest absolute Gasteiger partial charge is 0.459 e. The molecule has 0 fully saturated rings. The van der Waals surface area contributed by atoms with Crippen molar-refractivity contribution >= 4 is 5.91 Å². The lowest BCUT2D eigenvalue weighted by Crippen LogP contribution is -2.22. The highest BCUT2D eigenvalue weighted by atomic mass is 16.5. The third-order valence-electron chi connectivity index (χ3n) is 2.55. The fraction of sp³-hybridized carbons (Fsp3) is 0.0769. The number of hydrogen-bond acceptors (Lipinski definition) is 6. The van der Waals surface area contributed by atoms with Crippen LogP contribution in [-0.2, 0) is 6.54 Å². The maximum atomic E-state index is 11.7. The predicted molar refractivity (Wildman–Crippen MR) is 67.4 cm³/mol. The maximum absolute atomic E-state index is 11.7. The van der Waals surface area contributed by atoms with Gasteiger partial charge >= 0.3 is 0 Å². The molecule has 0 saturated heterocycles. The molecule has 3 aromatic rings. The van der Waals surface area contributed by atoms with E-state index in [2.05, 4.69) is 20.4 Å². The molecule has 20 heavy (non-hydrogen) atoms. The summed E-state index contributed by atoms with van der Waals surface area (Å²) in [5, 5.41) is 6.46. The Morgan fingerprint density at radius 2 is 2.10 bits per heavy atom. The lowest BCUT2D eigenvalue weighted by molar-refractivity contribution is 0.0918. The second kappa shape index (κ2) is 5.35. The molecule has 3 heterocycles. The van der Waals surface area contributed by atoms with Gasteiger partial charge in [-0.05, 0) is 24.3 Å². The average Bonchev–Trinajstić information content (AvgIpc) is 3.17. The highest BCUT2D eigenvalue weighted by molar-refractivity contribution is 5.91. The van der Waals surface area contributed by atoms with E-state index in [1.54, 1.807) is 36.7 Å². The van der Waals surface area contributed by atoms with Crippen LogP contribution in [0.1, 0.15) is 16.4 Å². The van der Waals surface area contributed by atoms with E-state index in [0.717, 1.165) is 5.56 Å². The van der Waals surface area contributed by atoms with Crippen LogP contribution < -0.4 is 5.32 Å². The summed E-state index contributed by atoms with van der Waals surface area (Å²) in [7, 11) is 0. The fourth-order valence-corrected chi connectivity index (χ4v) is 1.60. The highest BCUT2D eigenvalue weighted by Gasteiger charge is 2.12. The van der Waals surface area contributed by atoms with Gasteiger partial charge in [0.25, 0.3) is 5.91 Å². The summed E-state index contributed by atoms with van der Waals surface area (Å²) in [6.45, 7) is 0.137. The number of furan rings is 1. The molecular weight excluding hydrogens is 260 g/mol. The number of rotatable bonds is 4. The Hall–Kier alpha value is -2.96. The zero-order valence-electron chi connectivity index (χ0n) is 10.3. The Bertz CT molecular complexity index is 692.